The summed E-state index contributed by atoms with van der Waals surface area (Å²) in [6.07, 6.45) is 0.427. The SMILES string of the molecule is Cc1ccc(S(=O)(=O)OC(C(=O)N(C)C)[C@H]2CN[C@H](C(=O)N3CCC[C@H]3C#N)C2)cc1. The zero-order valence-corrected chi connectivity index (χ0v) is 18.8. The highest BCUT2D eigenvalue weighted by Crippen LogP contribution is 2.28. The molecule has 31 heavy (non-hydrogen) atoms. The van der Waals surface area contributed by atoms with E-state index in [0.29, 0.717) is 13.0 Å². The Morgan fingerprint density at radius 2 is 1.97 bits per heavy atom. The highest BCUT2D eigenvalue weighted by molar-refractivity contribution is 7.86. The lowest BCUT2D eigenvalue weighted by molar-refractivity contribution is -0.138. The molecule has 2 aliphatic heterocycles. The Kier molecular flexibility index (Phi) is 6.99. The number of nitriles is 1. The fourth-order valence-corrected chi connectivity index (χ4v) is 5.11. The molecular weight excluding hydrogens is 420 g/mol. The molecule has 0 bridgehead atoms. The lowest BCUT2D eigenvalue weighted by atomic mass is 9.97. The third-order valence-corrected chi connectivity index (χ3v) is 7.11. The second-order valence-corrected chi connectivity index (χ2v) is 9.86. The molecule has 168 valence electrons. The minimum atomic E-state index is -4.17. The summed E-state index contributed by atoms with van der Waals surface area (Å²) in [5.74, 6) is -1.18. The fraction of sp³-hybridized carbons (Fsp3) is 0.571. The quantitative estimate of drug-likeness (QED) is 0.635. The van der Waals surface area contributed by atoms with Crippen LogP contribution in [-0.4, -0.2) is 75.4 Å². The predicted molar refractivity (Wildman–Crippen MR) is 112 cm³/mol. The number of amides is 2. The lowest BCUT2D eigenvalue weighted by Crippen LogP contribution is -2.45. The van der Waals surface area contributed by atoms with Gasteiger partial charge in [0.05, 0.1) is 17.0 Å². The molecular formula is C21H28N4O5S. The summed E-state index contributed by atoms with van der Waals surface area (Å²) in [7, 11) is -1.11. The molecule has 1 unspecified atom stereocenters. The van der Waals surface area contributed by atoms with Crippen molar-refractivity contribution in [2.24, 2.45) is 5.92 Å². The van der Waals surface area contributed by atoms with E-state index in [1.165, 1.54) is 31.1 Å². The molecule has 10 heteroatoms. The normalized spacial score (nSPS) is 24.6. The first-order chi connectivity index (χ1) is 14.6. The number of nitrogens with one attached hydrogen (secondary N) is 1. The van der Waals surface area contributed by atoms with Gasteiger partial charge in [-0.3, -0.25) is 13.8 Å². The van der Waals surface area contributed by atoms with Crippen molar-refractivity contribution in [1.82, 2.24) is 15.1 Å². The topological polar surface area (TPSA) is 120 Å². The minimum Gasteiger partial charge on any atom is -0.347 e. The summed E-state index contributed by atoms with van der Waals surface area (Å²) >= 11 is 0. The molecule has 0 radical (unpaired) electrons. The minimum absolute atomic E-state index is 0.0258. The Balaban J connectivity index is 1.77. The van der Waals surface area contributed by atoms with Gasteiger partial charge in [0.25, 0.3) is 16.0 Å². The van der Waals surface area contributed by atoms with E-state index in [0.717, 1.165) is 12.0 Å². The molecule has 0 aromatic heterocycles. The van der Waals surface area contributed by atoms with Crippen LogP contribution in [0.15, 0.2) is 29.2 Å². The molecule has 0 spiro atoms. The zero-order valence-electron chi connectivity index (χ0n) is 17.9. The Morgan fingerprint density at radius 1 is 1.29 bits per heavy atom. The molecule has 2 amide bonds. The van der Waals surface area contributed by atoms with Crippen molar-refractivity contribution in [3.05, 3.63) is 29.8 Å². The third-order valence-electron chi connectivity index (χ3n) is 5.80. The Morgan fingerprint density at radius 3 is 2.58 bits per heavy atom. The molecule has 9 nitrogen and oxygen atoms in total. The number of aryl methyl sites for hydroxylation is 1. The van der Waals surface area contributed by atoms with Crippen molar-refractivity contribution in [2.45, 2.75) is 49.3 Å². The van der Waals surface area contributed by atoms with Crippen LogP contribution in [0.4, 0.5) is 0 Å². The number of hydrogen-bond acceptors (Lipinski definition) is 7. The Hall–Kier alpha value is -2.48. The van der Waals surface area contributed by atoms with Crippen LogP contribution >= 0.6 is 0 Å². The number of likely N-dealkylation sites (tertiary alicyclic amines) is 1. The van der Waals surface area contributed by atoms with Crippen LogP contribution in [0, 0.1) is 24.2 Å². The maximum atomic E-state index is 12.9. The second kappa shape index (κ2) is 9.34. The standard InChI is InChI=1S/C21H28N4O5S/c1-14-6-8-17(9-7-14)31(28,29)30-19(21(27)24(2)3)15-11-18(23-13-15)20(26)25-10-4-5-16(25)12-22/h6-9,15-16,18-19,23H,4-5,10-11,13H2,1-3H3/t15-,16+,18+,19?/m1/s1. The monoisotopic (exact) mass is 448 g/mol. The van der Waals surface area contributed by atoms with Crippen molar-refractivity contribution in [3.63, 3.8) is 0 Å². The molecule has 3 rings (SSSR count). The van der Waals surface area contributed by atoms with Gasteiger partial charge >= 0.3 is 0 Å². The summed E-state index contributed by atoms with van der Waals surface area (Å²) in [5.41, 5.74) is 0.902. The van der Waals surface area contributed by atoms with Crippen molar-refractivity contribution in [3.8, 4) is 6.07 Å². The lowest BCUT2D eigenvalue weighted by Gasteiger charge is -2.26. The van der Waals surface area contributed by atoms with E-state index in [2.05, 4.69) is 11.4 Å². The van der Waals surface area contributed by atoms with Gasteiger partial charge < -0.3 is 15.1 Å². The largest absolute Gasteiger partial charge is 0.347 e. The van der Waals surface area contributed by atoms with E-state index in [9.17, 15) is 23.3 Å². The maximum absolute atomic E-state index is 12.9. The van der Waals surface area contributed by atoms with Crippen molar-refractivity contribution in [1.29, 1.82) is 5.26 Å². The average molecular weight is 449 g/mol. The van der Waals surface area contributed by atoms with E-state index in [1.807, 2.05) is 6.92 Å². The highest BCUT2D eigenvalue weighted by Gasteiger charge is 2.43. The Bertz CT molecular complexity index is 970. The molecule has 0 aliphatic carbocycles. The summed E-state index contributed by atoms with van der Waals surface area (Å²) in [6.45, 7) is 2.63. The smallest absolute Gasteiger partial charge is 0.297 e. The summed E-state index contributed by atoms with van der Waals surface area (Å²) in [4.78, 5) is 28.5. The van der Waals surface area contributed by atoms with Gasteiger partial charge in [0.1, 0.15) is 6.04 Å². The van der Waals surface area contributed by atoms with Gasteiger partial charge in [0.2, 0.25) is 5.91 Å². The van der Waals surface area contributed by atoms with Gasteiger partial charge in [0.15, 0.2) is 6.10 Å². The van der Waals surface area contributed by atoms with Crippen LogP contribution in [0.2, 0.25) is 0 Å². The molecule has 1 aromatic carbocycles. The zero-order chi connectivity index (χ0) is 22.8. The van der Waals surface area contributed by atoms with Gasteiger partial charge in [-0.25, -0.2) is 0 Å². The number of benzene rings is 1. The van der Waals surface area contributed by atoms with Gasteiger partial charge in [-0.05, 0) is 38.3 Å². The van der Waals surface area contributed by atoms with Crippen LogP contribution in [0.1, 0.15) is 24.8 Å². The molecule has 2 heterocycles. The van der Waals surface area contributed by atoms with Crippen LogP contribution in [0.25, 0.3) is 0 Å². The van der Waals surface area contributed by atoms with Gasteiger partial charge in [-0.2, -0.15) is 13.7 Å². The van der Waals surface area contributed by atoms with Crippen LogP contribution in [0.3, 0.4) is 0 Å². The van der Waals surface area contributed by atoms with Crippen LogP contribution in [0.5, 0.6) is 0 Å². The maximum Gasteiger partial charge on any atom is 0.297 e. The number of nitrogens with zero attached hydrogens (tertiary/aromatic N) is 3. The molecule has 0 saturated carbocycles. The van der Waals surface area contributed by atoms with Crippen molar-refractivity contribution in [2.75, 3.05) is 27.2 Å². The molecule has 4 atom stereocenters. The number of hydrogen-bond donors (Lipinski definition) is 1. The number of rotatable bonds is 6. The molecule has 2 aliphatic rings. The second-order valence-electron chi connectivity index (χ2n) is 8.29. The Labute approximate surface area is 183 Å². The van der Waals surface area contributed by atoms with Gasteiger partial charge in [-0.1, -0.05) is 17.7 Å². The molecule has 2 fully saturated rings. The van der Waals surface area contributed by atoms with E-state index in [1.54, 1.807) is 17.0 Å². The van der Waals surface area contributed by atoms with E-state index >= 15 is 0 Å². The first-order valence-electron chi connectivity index (χ1n) is 10.3. The fourth-order valence-electron chi connectivity index (χ4n) is 4.02. The van der Waals surface area contributed by atoms with Crippen LogP contribution in [-0.2, 0) is 23.9 Å². The number of carbonyl (C=O) groups excluding carboxylic acids is 2. The first kappa shape index (κ1) is 23.2. The molecule has 2 saturated heterocycles. The van der Waals surface area contributed by atoms with Crippen molar-refractivity contribution >= 4 is 21.9 Å². The average Bonchev–Trinajstić information content (AvgIpc) is 3.41. The summed E-state index contributed by atoms with van der Waals surface area (Å²) in [5, 5.41) is 12.3. The van der Waals surface area contributed by atoms with E-state index in [4.69, 9.17) is 4.18 Å². The number of carbonyl (C=O) groups is 2. The predicted octanol–water partition coefficient (Wildman–Crippen LogP) is 0.650. The first-order valence-corrected chi connectivity index (χ1v) is 11.7. The van der Waals surface area contributed by atoms with Crippen molar-refractivity contribution < 1.29 is 22.2 Å². The summed E-state index contributed by atoms with van der Waals surface area (Å²) < 4.78 is 31.1. The molecule has 1 aromatic rings. The van der Waals surface area contributed by atoms with E-state index in [-0.39, 0.29) is 23.8 Å². The van der Waals surface area contributed by atoms with Gasteiger partial charge in [0, 0.05) is 33.1 Å². The van der Waals surface area contributed by atoms with E-state index < -0.39 is 40.1 Å². The summed E-state index contributed by atoms with van der Waals surface area (Å²) in [6, 6.07) is 7.33. The molecule has 1 N–H and O–H groups in total. The van der Waals surface area contributed by atoms with Crippen LogP contribution < -0.4 is 5.32 Å². The highest BCUT2D eigenvalue weighted by atomic mass is 32.2. The third kappa shape index (κ3) is 5.06. The van der Waals surface area contributed by atoms with Gasteiger partial charge in [-0.15, -0.1) is 0 Å². The number of likely N-dealkylation sites (N-methyl/N-ethyl adjacent to an activating group) is 1.